The number of aryl methyl sites for hydroxylation is 1. The molecule has 4 nitrogen and oxygen atoms in total. The summed E-state index contributed by atoms with van der Waals surface area (Å²) in [5, 5.41) is 5.40. The summed E-state index contributed by atoms with van der Waals surface area (Å²) >= 11 is 0. The van der Waals surface area contributed by atoms with Crippen LogP contribution in [0.3, 0.4) is 0 Å². The third kappa shape index (κ3) is 4.49. The monoisotopic (exact) mass is 248 g/mol. The van der Waals surface area contributed by atoms with E-state index >= 15 is 0 Å². The molecule has 0 radical (unpaired) electrons. The highest BCUT2D eigenvalue weighted by Gasteiger charge is 2.06. The first kappa shape index (κ1) is 14.1. The van der Waals surface area contributed by atoms with Crippen molar-refractivity contribution >= 4 is 11.7 Å². The Labute approximate surface area is 108 Å². The fourth-order valence-electron chi connectivity index (χ4n) is 1.39. The molecule has 0 aliphatic rings. The number of methoxy groups -OCH3 is 1. The molecular formula is C14H20N2O2. The Morgan fingerprint density at radius 2 is 2.11 bits per heavy atom. The topological polar surface area (TPSA) is 50.4 Å². The van der Waals surface area contributed by atoms with Crippen molar-refractivity contribution in [2.45, 2.75) is 20.8 Å². The van der Waals surface area contributed by atoms with Crippen LogP contribution in [0.1, 0.15) is 19.4 Å². The minimum Gasteiger partial charge on any atom is -0.495 e. The lowest BCUT2D eigenvalue weighted by Gasteiger charge is -2.10. The third-order valence-corrected chi connectivity index (χ3v) is 2.30. The smallest absolute Gasteiger partial charge is 0.323 e. The van der Waals surface area contributed by atoms with Crippen LogP contribution in [0.15, 0.2) is 30.5 Å². The highest BCUT2D eigenvalue weighted by atomic mass is 16.5. The number of hydrogen-bond acceptors (Lipinski definition) is 2. The standard InChI is InChI=1S/C14H20N2O2/c1-10(2)7-8-15-14(17)16-12-9-11(3)5-6-13(12)18-4/h5-10H,1-4H3,(H2,15,16,17)/b8-7+. The van der Waals surface area contributed by atoms with E-state index in [2.05, 4.69) is 10.6 Å². The van der Waals surface area contributed by atoms with Gasteiger partial charge in [0.05, 0.1) is 12.8 Å². The van der Waals surface area contributed by atoms with Crippen molar-refractivity contribution in [3.05, 3.63) is 36.0 Å². The molecule has 2 N–H and O–H groups in total. The van der Waals surface area contributed by atoms with Crippen LogP contribution in [-0.4, -0.2) is 13.1 Å². The van der Waals surface area contributed by atoms with Crippen molar-refractivity contribution < 1.29 is 9.53 Å². The second-order valence-corrected chi connectivity index (χ2v) is 4.41. The van der Waals surface area contributed by atoms with Crippen LogP contribution in [0.5, 0.6) is 5.75 Å². The molecule has 4 heteroatoms. The predicted octanol–water partition coefficient (Wildman–Crippen LogP) is 3.29. The number of carbonyl (C=O) groups is 1. The van der Waals surface area contributed by atoms with Crippen molar-refractivity contribution in [2.75, 3.05) is 12.4 Å². The fraction of sp³-hybridized carbons (Fsp3) is 0.357. The molecule has 0 heterocycles. The number of allylic oxidation sites excluding steroid dienone is 1. The zero-order chi connectivity index (χ0) is 13.5. The Morgan fingerprint density at radius 1 is 1.39 bits per heavy atom. The number of anilines is 1. The van der Waals surface area contributed by atoms with E-state index in [-0.39, 0.29) is 6.03 Å². The Balaban J connectivity index is 2.66. The Kier molecular flexibility index (Phi) is 5.24. The van der Waals surface area contributed by atoms with Crippen molar-refractivity contribution in [2.24, 2.45) is 5.92 Å². The maximum atomic E-state index is 11.6. The van der Waals surface area contributed by atoms with E-state index in [1.165, 1.54) is 0 Å². The molecule has 1 aromatic carbocycles. The van der Waals surface area contributed by atoms with Crippen LogP contribution in [-0.2, 0) is 0 Å². The normalized spacial score (nSPS) is 10.7. The zero-order valence-corrected chi connectivity index (χ0v) is 11.3. The predicted molar refractivity (Wildman–Crippen MR) is 73.9 cm³/mol. The van der Waals surface area contributed by atoms with Gasteiger partial charge in [-0.3, -0.25) is 0 Å². The first-order chi connectivity index (χ1) is 8.52. The summed E-state index contributed by atoms with van der Waals surface area (Å²) in [5.74, 6) is 1.04. The summed E-state index contributed by atoms with van der Waals surface area (Å²) in [7, 11) is 1.58. The molecule has 0 aliphatic heterocycles. The summed E-state index contributed by atoms with van der Waals surface area (Å²) in [6.45, 7) is 6.04. The van der Waals surface area contributed by atoms with E-state index < -0.39 is 0 Å². The molecule has 2 amide bonds. The van der Waals surface area contributed by atoms with Crippen molar-refractivity contribution in [1.29, 1.82) is 0 Å². The molecule has 0 aliphatic carbocycles. The second kappa shape index (κ2) is 6.69. The first-order valence-corrected chi connectivity index (χ1v) is 5.91. The third-order valence-electron chi connectivity index (χ3n) is 2.30. The molecule has 0 aromatic heterocycles. The van der Waals surface area contributed by atoms with Gasteiger partial charge in [-0.15, -0.1) is 0 Å². The summed E-state index contributed by atoms with van der Waals surface area (Å²) < 4.78 is 5.18. The van der Waals surface area contributed by atoms with E-state index in [9.17, 15) is 4.79 Å². The molecule has 1 rings (SSSR count). The van der Waals surface area contributed by atoms with Gasteiger partial charge in [-0.05, 0) is 30.5 Å². The Hall–Kier alpha value is -1.97. The van der Waals surface area contributed by atoms with Gasteiger partial charge in [0.2, 0.25) is 0 Å². The SMILES string of the molecule is COc1ccc(C)cc1NC(=O)N/C=C/C(C)C. The lowest BCUT2D eigenvalue weighted by molar-refractivity contribution is 0.255. The number of rotatable bonds is 4. The first-order valence-electron chi connectivity index (χ1n) is 5.91. The van der Waals surface area contributed by atoms with Gasteiger partial charge in [-0.2, -0.15) is 0 Å². The van der Waals surface area contributed by atoms with E-state index in [0.717, 1.165) is 5.56 Å². The number of amides is 2. The maximum absolute atomic E-state index is 11.6. The number of hydrogen-bond donors (Lipinski definition) is 2. The van der Waals surface area contributed by atoms with Gasteiger partial charge in [0.25, 0.3) is 0 Å². The molecule has 0 unspecified atom stereocenters. The van der Waals surface area contributed by atoms with Gasteiger partial charge in [-0.1, -0.05) is 26.0 Å². The highest BCUT2D eigenvalue weighted by Crippen LogP contribution is 2.24. The summed E-state index contributed by atoms with van der Waals surface area (Å²) in [6.07, 6.45) is 3.55. The fourth-order valence-corrected chi connectivity index (χ4v) is 1.39. The van der Waals surface area contributed by atoms with E-state index in [1.807, 2.05) is 45.0 Å². The van der Waals surface area contributed by atoms with E-state index in [1.54, 1.807) is 13.3 Å². The quantitative estimate of drug-likeness (QED) is 0.859. The highest BCUT2D eigenvalue weighted by molar-refractivity contribution is 5.91. The lowest BCUT2D eigenvalue weighted by atomic mass is 10.2. The number of ether oxygens (including phenoxy) is 1. The average Bonchev–Trinajstić information content (AvgIpc) is 2.28. The van der Waals surface area contributed by atoms with Crippen molar-refractivity contribution in [3.8, 4) is 5.75 Å². The van der Waals surface area contributed by atoms with Gasteiger partial charge in [-0.25, -0.2) is 4.79 Å². The molecule has 98 valence electrons. The van der Waals surface area contributed by atoms with Crippen molar-refractivity contribution in [1.82, 2.24) is 5.32 Å². The summed E-state index contributed by atoms with van der Waals surface area (Å²) in [6, 6.07) is 5.34. The van der Waals surface area contributed by atoms with Crippen LogP contribution < -0.4 is 15.4 Å². The largest absolute Gasteiger partial charge is 0.495 e. The molecule has 0 atom stereocenters. The lowest BCUT2D eigenvalue weighted by Crippen LogP contribution is -2.24. The van der Waals surface area contributed by atoms with E-state index in [4.69, 9.17) is 4.74 Å². The number of urea groups is 1. The van der Waals surface area contributed by atoms with Gasteiger partial charge < -0.3 is 15.4 Å². The molecule has 0 bridgehead atoms. The number of benzene rings is 1. The van der Waals surface area contributed by atoms with Crippen molar-refractivity contribution in [3.63, 3.8) is 0 Å². The molecule has 0 saturated heterocycles. The molecule has 1 aromatic rings. The molecule has 0 saturated carbocycles. The average molecular weight is 248 g/mol. The molecular weight excluding hydrogens is 228 g/mol. The van der Waals surface area contributed by atoms with Crippen LogP contribution in [0.2, 0.25) is 0 Å². The van der Waals surface area contributed by atoms with Crippen LogP contribution in [0, 0.1) is 12.8 Å². The maximum Gasteiger partial charge on any atom is 0.323 e. The molecule has 0 fully saturated rings. The van der Waals surface area contributed by atoms with E-state index in [0.29, 0.717) is 17.4 Å². The zero-order valence-electron chi connectivity index (χ0n) is 11.3. The minimum absolute atomic E-state index is 0.282. The van der Waals surface area contributed by atoms with Gasteiger partial charge in [0.15, 0.2) is 0 Å². The van der Waals surface area contributed by atoms with Crippen LogP contribution in [0.4, 0.5) is 10.5 Å². The minimum atomic E-state index is -0.282. The van der Waals surface area contributed by atoms with Crippen LogP contribution in [0.25, 0.3) is 0 Å². The molecule has 0 spiro atoms. The van der Waals surface area contributed by atoms with Crippen LogP contribution >= 0.6 is 0 Å². The van der Waals surface area contributed by atoms with Gasteiger partial charge in [0.1, 0.15) is 5.75 Å². The van der Waals surface area contributed by atoms with Gasteiger partial charge in [0, 0.05) is 6.20 Å². The second-order valence-electron chi connectivity index (χ2n) is 4.41. The number of nitrogens with one attached hydrogen (secondary N) is 2. The molecule has 18 heavy (non-hydrogen) atoms. The Bertz CT molecular complexity index is 439. The summed E-state index contributed by atoms with van der Waals surface area (Å²) in [5.41, 5.74) is 1.72. The Morgan fingerprint density at radius 3 is 2.72 bits per heavy atom. The summed E-state index contributed by atoms with van der Waals surface area (Å²) in [4.78, 5) is 11.6. The van der Waals surface area contributed by atoms with Gasteiger partial charge >= 0.3 is 6.03 Å². The number of carbonyl (C=O) groups excluding carboxylic acids is 1.